The van der Waals surface area contributed by atoms with Crippen molar-refractivity contribution >= 4 is 11.9 Å². The molecule has 0 radical (unpaired) electrons. The van der Waals surface area contributed by atoms with E-state index in [4.69, 9.17) is 0 Å². The molecule has 0 aliphatic heterocycles. The van der Waals surface area contributed by atoms with Crippen LogP contribution in [0.5, 0.6) is 6.01 Å². The Labute approximate surface area is 95.5 Å². The number of halogens is 2. The number of alkyl halides is 2. The van der Waals surface area contributed by atoms with Gasteiger partial charge in [0.1, 0.15) is 6.61 Å². The largest absolute Gasteiger partial charge is 0.466 e. The number of hydrogen-bond donors (Lipinski definition) is 2. The maximum Gasteiger partial charge on any atom is 0.336 e. The predicted molar refractivity (Wildman–Crippen MR) is 53.0 cm³/mol. The summed E-state index contributed by atoms with van der Waals surface area (Å²) in [5.74, 6) is -0.293. The highest BCUT2D eigenvalue weighted by Gasteiger charge is 2.08. The van der Waals surface area contributed by atoms with Crippen molar-refractivity contribution < 1.29 is 23.0 Å². The molecular formula is C8H12F2N4O3. The second-order valence-electron chi connectivity index (χ2n) is 2.93. The van der Waals surface area contributed by atoms with E-state index in [0.29, 0.717) is 0 Å². The summed E-state index contributed by atoms with van der Waals surface area (Å²) >= 11 is 0. The van der Waals surface area contributed by atoms with Crippen LogP contribution in [0.4, 0.5) is 14.7 Å². The van der Waals surface area contributed by atoms with Crippen molar-refractivity contribution in [1.82, 2.24) is 15.2 Å². The van der Waals surface area contributed by atoms with E-state index < -0.39 is 18.9 Å². The maximum absolute atomic E-state index is 11.7. The molecule has 2 N–H and O–H groups in total. The molecule has 0 unspecified atom stereocenters. The van der Waals surface area contributed by atoms with E-state index in [0.717, 1.165) is 0 Å². The van der Waals surface area contributed by atoms with E-state index >= 15 is 0 Å². The van der Waals surface area contributed by atoms with Crippen LogP contribution < -0.4 is 10.1 Å². The Balaban J connectivity index is 2.20. The van der Waals surface area contributed by atoms with Crippen LogP contribution >= 0.6 is 0 Å². The molecule has 1 heterocycles. The Morgan fingerprint density at radius 1 is 1.59 bits per heavy atom. The minimum atomic E-state index is -2.53. The van der Waals surface area contributed by atoms with Crippen LogP contribution in [0.2, 0.25) is 0 Å². The summed E-state index contributed by atoms with van der Waals surface area (Å²) in [6, 6.07) is 0.0919. The van der Waals surface area contributed by atoms with Gasteiger partial charge in [-0.15, -0.1) is 5.10 Å². The van der Waals surface area contributed by atoms with Gasteiger partial charge in [0.25, 0.3) is 6.43 Å². The number of amides is 1. The lowest BCUT2D eigenvalue weighted by Crippen LogP contribution is -2.16. The summed E-state index contributed by atoms with van der Waals surface area (Å²) in [5, 5.41) is 8.39. The molecule has 0 aromatic carbocycles. The van der Waals surface area contributed by atoms with Gasteiger partial charge in [-0.3, -0.25) is 10.1 Å². The number of anilines is 1. The van der Waals surface area contributed by atoms with Crippen molar-refractivity contribution in [2.45, 2.75) is 12.8 Å². The first kappa shape index (κ1) is 13.3. The fourth-order valence-corrected chi connectivity index (χ4v) is 0.925. The third kappa shape index (κ3) is 5.20. The summed E-state index contributed by atoms with van der Waals surface area (Å²) in [5.41, 5.74) is 0. The van der Waals surface area contributed by atoms with E-state index in [1.165, 1.54) is 7.11 Å². The van der Waals surface area contributed by atoms with Crippen molar-refractivity contribution in [3.8, 4) is 6.01 Å². The molecule has 0 saturated heterocycles. The normalized spacial score (nSPS) is 10.6. The van der Waals surface area contributed by atoms with Gasteiger partial charge in [-0.1, -0.05) is 0 Å². The second kappa shape index (κ2) is 6.74. The number of nitrogens with one attached hydrogen (secondary N) is 2. The lowest BCUT2D eigenvalue weighted by Gasteiger charge is -2.03. The highest BCUT2D eigenvalue weighted by atomic mass is 19.3. The zero-order valence-electron chi connectivity index (χ0n) is 9.07. The number of methoxy groups -OCH3 is 1. The zero-order chi connectivity index (χ0) is 12.7. The highest BCUT2D eigenvalue weighted by Crippen LogP contribution is 2.04. The topological polar surface area (TPSA) is 89.1 Å². The van der Waals surface area contributed by atoms with Crippen molar-refractivity contribution in [2.75, 3.05) is 25.6 Å². The molecule has 0 aliphatic carbocycles. The molecule has 0 fully saturated rings. The maximum atomic E-state index is 11.7. The van der Waals surface area contributed by atoms with Gasteiger partial charge >= 0.3 is 6.01 Å². The fourth-order valence-electron chi connectivity index (χ4n) is 0.925. The van der Waals surface area contributed by atoms with E-state index in [2.05, 4.69) is 30.0 Å². The Morgan fingerprint density at radius 3 is 2.94 bits per heavy atom. The van der Waals surface area contributed by atoms with Crippen LogP contribution in [0.3, 0.4) is 0 Å². The number of carbonyl (C=O) groups is 1. The molecule has 1 aromatic heterocycles. The number of aromatic amines is 1. The minimum absolute atomic E-state index is 0.0459. The SMILES string of the molecule is COc1n[nH]c(NC(=O)CCOCC(F)F)n1. The van der Waals surface area contributed by atoms with Crippen LogP contribution in [0.15, 0.2) is 0 Å². The van der Waals surface area contributed by atoms with Gasteiger partial charge in [-0.2, -0.15) is 4.98 Å². The van der Waals surface area contributed by atoms with E-state index in [1.807, 2.05) is 0 Å². The molecule has 0 bridgehead atoms. The van der Waals surface area contributed by atoms with Crippen molar-refractivity contribution in [3.63, 3.8) is 0 Å². The highest BCUT2D eigenvalue weighted by molar-refractivity contribution is 5.88. The third-order valence-corrected chi connectivity index (χ3v) is 1.62. The summed E-state index contributed by atoms with van der Waals surface area (Å²) in [7, 11) is 1.38. The molecule has 96 valence electrons. The first-order chi connectivity index (χ1) is 8.11. The summed E-state index contributed by atoms with van der Waals surface area (Å²) in [4.78, 5) is 15.0. The van der Waals surface area contributed by atoms with Gasteiger partial charge in [-0.05, 0) is 0 Å². The average molecular weight is 250 g/mol. The smallest absolute Gasteiger partial charge is 0.336 e. The molecule has 0 saturated carbocycles. The van der Waals surface area contributed by atoms with Crippen LogP contribution in [0.1, 0.15) is 6.42 Å². The van der Waals surface area contributed by atoms with E-state index in [-0.39, 0.29) is 25.0 Å². The minimum Gasteiger partial charge on any atom is -0.466 e. The quantitative estimate of drug-likeness (QED) is 0.685. The molecule has 17 heavy (non-hydrogen) atoms. The Morgan fingerprint density at radius 2 is 2.35 bits per heavy atom. The van der Waals surface area contributed by atoms with Gasteiger partial charge in [0.05, 0.1) is 20.1 Å². The number of ether oxygens (including phenoxy) is 2. The van der Waals surface area contributed by atoms with Crippen LogP contribution in [0, 0.1) is 0 Å². The molecule has 0 atom stereocenters. The molecule has 1 aromatic rings. The van der Waals surface area contributed by atoms with Crippen LogP contribution in [-0.2, 0) is 9.53 Å². The molecular weight excluding hydrogens is 238 g/mol. The van der Waals surface area contributed by atoms with Gasteiger partial charge < -0.3 is 9.47 Å². The third-order valence-electron chi connectivity index (χ3n) is 1.62. The number of rotatable bonds is 7. The van der Waals surface area contributed by atoms with Crippen LogP contribution in [0.25, 0.3) is 0 Å². The standard InChI is InChI=1S/C8H12F2N4O3/c1-16-8-12-7(13-14-8)11-6(15)2-3-17-4-5(9)10/h5H,2-4H2,1H3,(H2,11,12,13,14,15). The van der Waals surface area contributed by atoms with Crippen molar-refractivity contribution in [3.05, 3.63) is 0 Å². The van der Waals surface area contributed by atoms with Gasteiger partial charge in [-0.25, -0.2) is 13.9 Å². The van der Waals surface area contributed by atoms with E-state index in [1.54, 1.807) is 0 Å². The molecule has 9 heteroatoms. The fraction of sp³-hybridized carbons (Fsp3) is 0.625. The molecule has 1 rings (SSSR count). The lowest BCUT2D eigenvalue weighted by molar-refractivity contribution is -0.117. The van der Waals surface area contributed by atoms with Crippen LogP contribution in [-0.4, -0.2) is 47.8 Å². The summed E-state index contributed by atoms with van der Waals surface area (Å²) in [6.45, 7) is -0.759. The second-order valence-corrected chi connectivity index (χ2v) is 2.93. The number of carbonyl (C=O) groups excluding carboxylic acids is 1. The summed E-state index contributed by atoms with van der Waals surface area (Å²) in [6.07, 6.45) is -2.58. The molecule has 0 aliphatic rings. The van der Waals surface area contributed by atoms with E-state index in [9.17, 15) is 13.6 Å². The summed E-state index contributed by atoms with van der Waals surface area (Å²) < 4.78 is 32.6. The van der Waals surface area contributed by atoms with Crippen molar-refractivity contribution in [2.24, 2.45) is 0 Å². The molecule has 7 nitrogen and oxygen atoms in total. The molecule has 1 amide bonds. The number of nitrogens with zero attached hydrogens (tertiary/aromatic N) is 2. The first-order valence-electron chi connectivity index (χ1n) is 4.74. The predicted octanol–water partition coefficient (Wildman–Crippen LogP) is 0.424. The monoisotopic (exact) mass is 250 g/mol. The van der Waals surface area contributed by atoms with Crippen molar-refractivity contribution in [1.29, 1.82) is 0 Å². The number of hydrogen-bond acceptors (Lipinski definition) is 5. The first-order valence-corrected chi connectivity index (χ1v) is 4.74. The number of H-pyrrole nitrogens is 1. The zero-order valence-corrected chi connectivity index (χ0v) is 9.07. The lowest BCUT2D eigenvalue weighted by atomic mass is 10.4. The van der Waals surface area contributed by atoms with Gasteiger partial charge in [0, 0.05) is 0 Å². The Hall–Kier alpha value is -1.77. The Kier molecular flexibility index (Phi) is 5.27. The number of aromatic nitrogens is 3. The van der Waals surface area contributed by atoms with Gasteiger partial charge in [0.15, 0.2) is 0 Å². The van der Waals surface area contributed by atoms with Gasteiger partial charge in [0.2, 0.25) is 11.9 Å². The average Bonchev–Trinajstić information content (AvgIpc) is 2.72. The molecule has 0 spiro atoms. The Bertz CT molecular complexity index is 358.